The Morgan fingerprint density at radius 1 is 1.35 bits per heavy atom. The van der Waals surface area contributed by atoms with E-state index in [0.717, 1.165) is 9.87 Å². The molecular weight excluding hydrogens is 266 g/mol. The summed E-state index contributed by atoms with van der Waals surface area (Å²) in [6.45, 7) is 0.146. The Balaban J connectivity index is 2.79. The third kappa shape index (κ3) is 3.99. The van der Waals surface area contributed by atoms with E-state index in [-0.39, 0.29) is 6.54 Å². The van der Waals surface area contributed by atoms with Crippen molar-refractivity contribution < 1.29 is 17.9 Å². The van der Waals surface area contributed by atoms with E-state index in [1.807, 2.05) is 0 Å². The highest BCUT2D eigenvalue weighted by atomic mass is 35.7. The Morgan fingerprint density at radius 2 is 1.88 bits per heavy atom. The molecule has 94 valence electrons. The maximum absolute atomic E-state index is 11.2. The van der Waals surface area contributed by atoms with Crippen LogP contribution in [-0.2, 0) is 20.5 Å². The summed E-state index contributed by atoms with van der Waals surface area (Å²) >= 11 is 0. The highest BCUT2D eigenvalue weighted by molar-refractivity contribution is 8.11. The minimum Gasteiger partial charge on any atom is -0.465 e. The maximum Gasteiger partial charge on any atom is 0.337 e. The Bertz CT molecular complexity index is 498. The lowest BCUT2D eigenvalue weighted by atomic mass is 10.1. The zero-order valence-corrected chi connectivity index (χ0v) is 11.0. The Morgan fingerprint density at radius 3 is 2.29 bits per heavy atom. The molecule has 0 radical (unpaired) electrons. The Labute approximate surface area is 104 Å². The Hall–Kier alpha value is -1.11. The first-order valence-corrected chi connectivity index (χ1v) is 6.94. The number of carbonyl (C=O) groups excluding carboxylic acids is 1. The predicted octanol–water partition coefficient (Wildman–Crippen LogP) is 1.39. The summed E-state index contributed by atoms with van der Waals surface area (Å²) in [6.07, 6.45) is 0. The fraction of sp³-hybridized carbons (Fsp3) is 0.300. The molecular formula is C10H12ClNO4S. The molecule has 0 saturated heterocycles. The van der Waals surface area contributed by atoms with Crippen LogP contribution in [0.3, 0.4) is 0 Å². The van der Waals surface area contributed by atoms with Gasteiger partial charge in [-0.2, -0.15) is 12.7 Å². The van der Waals surface area contributed by atoms with Gasteiger partial charge in [-0.15, -0.1) is 0 Å². The van der Waals surface area contributed by atoms with Gasteiger partial charge in [-0.3, -0.25) is 0 Å². The number of hydrogen-bond acceptors (Lipinski definition) is 4. The lowest BCUT2D eigenvalue weighted by Gasteiger charge is -2.12. The number of rotatable bonds is 4. The quantitative estimate of drug-likeness (QED) is 0.616. The number of hydrogen-bond donors (Lipinski definition) is 0. The van der Waals surface area contributed by atoms with Gasteiger partial charge in [0.15, 0.2) is 0 Å². The van der Waals surface area contributed by atoms with Gasteiger partial charge in [0, 0.05) is 24.3 Å². The standard InChI is InChI=1S/C10H12ClNO4S/c1-12(17(11,14)15)7-8-3-5-9(6-4-8)10(13)16-2/h3-6H,7H2,1-2H3. The SMILES string of the molecule is COC(=O)c1ccc(CN(C)S(=O)(=O)Cl)cc1. The fourth-order valence-corrected chi connectivity index (χ4v) is 1.65. The summed E-state index contributed by atoms with van der Waals surface area (Å²) in [5.74, 6) is -0.435. The number of esters is 1. The first kappa shape index (κ1) is 14.0. The van der Waals surface area contributed by atoms with Crippen LogP contribution in [0.5, 0.6) is 0 Å². The zero-order valence-electron chi connectivity index (χ0n) is 9.38. The summed E-state index contributed by atoms with van der Waals surface area (Å²) in [6, 6.07) is 6.42. The van der Waals surface area contributed by atoms with Crippen LogP contribution >= 0.6 is 10.7 Å². The molecule has 0 atom stereocenters. The van der Waals surface area contributed by atoms with E-state index in [1.54, 1.807) is 24.3 Å². The molecule has 0 aliphatic heterocycles. The van der Waals surface area contributed by atoms with Crippen molar-refractivity contribution in [2.24, 2.45) is 0 Å². The fourth-order valence-electron chi connectivity index (χ4n) is 1.20. The lowest BCUT2D eigenvalue weighted by Crippen LogP contribution is -2.21. The van der Waals surface area contributed by atoms with Crippen LogP contribution < -0.4 is 0 Å². The average molecular weight is 278 g/mol. The van der Waals surface area contributed by atoms with Crippen molar-refractivity contribution in [3.63, 3.8) is 0 Å². The topological polar surface area (TPSA) is 63.7 Å². The van der Waals surface area contributed by atoms with Crippen molar-refractivity contribution in [3.8, 4) is 0 Å². The molecule has 1 aromatic carbocycles. The molecule has 0 heterocycles. The maximum atomic E-state index is 11.2. The molecule has 0 fully saturated rings. The number of benzene rings is 1. The molecule has 0 amide bonds. The van der Waals surface area contributed by atoms with Gasteiger partial charge in [-0.1, -0.05) is 12.1 Å². The van der Waals surface area contributed by atoms with E-state index in [9.17, 15) is 13.2 Å². The zero-order chi connectivity index (χ0) is 13.1. The summed E-state index contributed by atoms with van der Waals surface area (Å²) in [4.78, 5) is 11.2. The van der Waals surface area contributed by atoms with Crippen molar-refractivity contribution in [3.05, 3.63) is 35.4 Å². The highest BCUT2D eigenvalue weighted by Gasteiger charge is 2.14. The summed E-state index contributed by atoms with van der Waals surface area (Å²) in [5, 5.41) is 0. The molecule has 17 heavy (non-hydrogen) atoms. The number of halogens is 1. The van der Waals surface area contributed by atoms with Crippen molar-refractivity contribution in [2.75, 3.05) is 14.2 Å². The molecule has 1 aromatic rings. The summed E-state index contributed by atoms with van der Waals surface area (Å²) in [5.41, 5.74) is 1.14. The summed E-state index contributed by atoms with van der Waals surface area (Å²) in [7, 11) is 4.11. The Kier molecular flexibility index (Phi) is 4.50. The normalized spacial score (nSPS) is 11.5. The van der Waals surface area contributed by atoms with Gasteiger partial charge in [0.1, 0.15) is 0 Å². The minimum absolute atomic E-state index is 0.146. The minimum atomic E-state index is -3.72. The van der Waals surface area contributed by atoms with Crippen LogP contribution in [0.4, 0.5) is 0 Å². The smallest absolute Gasteiger partial charge is 0.337 e. The van der Waals surface area contributed by atoms with Crippen LogP contribution in [0.2, 0.25) is 0 Å². The lowest BCUT2D eigenvalue weighted by molar-refractivity contribution is 0.0600. The van der Waals surface area contributed by atoms with Crippen LogP contribution in [0.25, 0.3) is 0 Å². The second-order valence-electron chi connectivity index (χ2n) is 3.39. The van der Waals surface area contributed by atoms with E-state index in [4.69, 9.17) is 10.7 Å². The second-order valence-corrected chi connectivity index (χ2v) is 6.00. The molecule has 0 aliphatic rings. The molecule has 7 heteroatoms. The van der Waals surface area contributed by atoms with Crippen LogP contribution in [0.15, 0.2) is 24.3 Å². The molecule has 0 N–H and O–H groups in total. The van der Waals surface area contributed by atoms with Crippen molar-refractivity contribution >= 4 is 25.9 Å². The molecule has 1 rings (SSSR count). The molecule has 0 spiro atoms. The van der Waals surface area contributed by atoms with Gasteiger partial charge < -0.3 is 4.74 Å². The number of carbonyl (C=O) groups is 1. The van der Waals surface area contributed by atoms with Crippen molar-refractivity contribution in [2.45, 2.75) is 6.54 Å². The highest BCUT2D eigenvalue weighted by Crippen LogP contribution is 2.11. The van der Waals surface area contributed by atoms with E-state index in [0.29, 0.717) is 5.56 Å². The van der Waals surface area contributed by atoms with Crippen LogP contribution in [-0.4, -0.2) is 32.8 Å². The van der Waals surface area contributed by atoms with Crippen LogP contribution in [0.1, 0.15) is 15.9 Å². The predicted molar refractivity (Wildman–Crippen MR) is 64.0 cm³/mol. The van der Waals surface area contributed by atoms with Gasteiger partial charge in [0.2, 0.25) is 0 Å². The van der Waals surface area contributed by atoms with Crippen LogP contribution in [0, 0.1) is 0 Å². The molecule has 0 aliphatic carbocycles. The van der Waals surface area contributed by atoms with Crippen molar-refractivity contribution in [1.29, 1.82) is 0 Å². The van der Waals surface area contributed by atoms with Gasteiger partial charge in [0.05, 0.1) is 12.7 Å². The average Bonchev–Trinajstić information content (AvgIpc) is 2.27. The van der Waals surface area contributed by atoms with Gasteiger partial charge in [-0.25, -0.2) is 4.79 Å². The van der Waals surface area contributed by atoms with E-state index in [1.165, 1.54) is 14.2 Å². The largest absolute Gasteiger partial charge is 0.465 e. The van der Waals surface area contributed by atoms with Gasteiger partial charge >= 0.3 is 5.97 Å². The second kappa shape index (κ2) is 5.48. The van der Waals surface area contributed by atoms with Gasteiger partial charge in [-0.05, 0) is 17.7 Å². The van der Waals surface area contributed by atoms with Gasteiger partial charge in [0.25, 0.3) is 9.24 Å². The third-order valence-corrected chi connectivity index (χ3v) is 3.73. The third-order valence-electron chi connectivity index (χ3n) is 2.15. The summed E-state index contributed by atoms with van der Waals surface area (Å²) < 4.78 is 27.5. The van der Waals surface area contributed by atoms with E-state index in [2.05, 4.69) is 4.74 Å². The number of ether oxygens (including phenoxy) is 1. The number of nitrogens with zero attached hydrogens (tertiary/aromatic N) is 1. The first-order valence-electron chi connectivity index (χ1n) is 4.68. The molecule has 0 bridgehead atoms. The number of methoxy groups -OCH3 is 1. The van der Waals surface area contributed by atoms with Crippen molar-refractivity contribution in [1.82, 2.24) is 4.31 Å². The van der Waals surface area contributed by atoms with E-state index < -0.39 is 15.2 Å². The molecule has 0 aromatic heterocycles. The first-order chi connectivity index (χ1) is 7.84. The molecule has 5 nitrogen and oxygen atoms in total. The monoisotopic (exact) mass is 277 g/mol. The molecule has 0 unspecified atom stereocenters. The van der Waals surface area contributed by atoms with E-state index >= 15 is 0 Å². The molecule has 0 saturated carbocycles.